The van der Waals surface area contributed by atoms with Crippen molar-refractivity contribution in [3.63, 3.8) is 0 Å². The van der Waals surface area contributed by atoms with E-state index in [9.17, 15) is 41.3 Å². The molecule has 4 heterocycles. The SMILES string of the molecule is O=C(Nc1nc(-c2ccc(C(F)(F)F)cc2)nc2c1cnn2-c1ccc(C(F)(F)F)cn1)c1ccc([N+](=O)[O-])s1. The molecule has 0 saturated carbocycles. The molecular formula is C23H11F6N7O3S. The predicted molar refractivity (Wildman–Crippen MR) is 129 cm³/mol. The molecule has 0 fully saturated rings. The molecule has 0 spiro atoms. The molecule has 0 aliphatic heterocycles. The van der Waals surface area contributed by atoms with E-state index in [2.05, 4.69) is 25.4 Å². The van der Waals surface area contributed by atoms with Gasteiger partial charge in [-0.25, -0.2) is 15.0 Å². The average molecular weight is 579 g/mol. The van der Waals surface area contributed by atoms with Crippen molar-refractivity contribution >= 4 is 39.1 Å². The highest BCUT2D eigenvalue weighted by atomic mass is 32.1. The molecule has 0 aliphatic carbocycles. The Hall–Kier alpha value is -4.93. The highest BCUT2D eigenvalue weighted by Crippen LogP contribution is 2.33. The second kappa shape index (κ2) is 9.67. The van der Waals surface area contributed by atoms with Gasteiger partial charge in [-0.05, 0) is 30.3 Å². The van der Waals surface area contributed by atoms with Crippen LogP contribution in [-0.2, 0) is 12.4 Å². The fourth-order valence-corrected chi connectivity index (χ4v) is 4.22. The number of carbonyl (C=O) groups is 1. The van der Waals surface area contributed by atoms with Crippen LogP contribution in [0.4, 0.5) is 37.2 Å². The second-order valence-electron chi connectivity index (χ2n) is 8.02. The zero-order valence-electron chi connectivity index (χ0n) is 19.4. The molecule has 1 N–H and O–H groups in total. The Labute approximate surface area is 222 Å². The standard InChI is InChI=1S/C23H11F6N7O3S/c24-22(25,26)12-3-1-11(2-4-12)18-32-19(34-21(37)15-6-8-17(40-15)36(38)39)14-10-31-35(20(14)33-18)16-7-5-13(9-30-16)23(27,28)29/h1-10H,(H,32,33,34,37). The molecule has 1 amide bonds. The third-order valence-electron chi connectivity index (χ3n) is 5.42. The lowest BCUT2D eigenvalue weighted by molar-refractivity contribution is -0.380. The molecule has 17 heteroatoms. The number of benzene rings is 1. The number of rotatable bonds is 5. The van der Waals surface area contributed by atoms with Gasteiger partial charge in [-0.1, -0.05) is 23.5 Å². The van der Waals surface area contributed by atoms with E-state index >= 15 is 0 Å². The van der Waals surface area contributed by atoms with Gasteiger partial charge in [0.15, 0.2) is 17.3 Å². The van der Waals surface area contributed by atoms with Crippen LogP contribution in [0.15, 0.2) is 60.9 Å². The third-order valence-corrected chi connectivity index (χ3v) is 6.45. The maximum atomic E-state index is 13.0. The summed E-state index contributed by atoms with van der Waals surface area (Å²) in [7, 11) is 0. The van der Waals surface area contributed by atoms with Crippen molar-refractivity contribution in [3.8, 4) is 17.2 Å². The molecule has 0 atom stereocenters. The summed E-state index contributed by atoms with van der Waals surface area (Å²) in [4.78, 5) is 35.5. The van der Waals surface area contributed by atoms with E-state index in [-0.39, 0.29) is 43.9 Å². The van der Waals surface area contributed by atoms with Crippen LogP contribution in [0, 0.1) is 10.1 Å². The number of pyridine rings is 1. The van der Waals surface area contributed by atoms with E-state index in [0.29, 0.717) is 17.5 Å². The van der Waals surface area contributed by atoms with Gasteiger partial charge in [0, 0.05) is 17.8 Å². The van der Waals surface area contributed by atoms with Crippen LogP contribution in [-0.4, -0.2) is 35.6 Å². The van der Waals surface area contributed by atoms with Gasteiger partial charge >= 0.3 is 17.4 Å². The number of nitrogens with one attached hydrogen (secondary N) is 1. The molecule has 10 nitrogen and oxygen atoms in total. The molecule has 204 valence electrons. The van der Waals surface area contributed by atoms with Crippen LogP contribution in [0.2, 0.25) is 0 Å². The van der Waals surface area contributed by atoms with Crippen LogP contribution < -0.4 is 5.32 Å². The number of amides is 1. The van der Waals surface area contributed by atoms with Gasteiger partial charge in [-0.15, -0.1) is 0 Å². The third kappa shape index (κ3) is 5.18. The van der Waals surface area contributed by atoms with Crippen molar-refractivity contribution in [1.82, 2.24) is 24.7 Å². The Morgan fingerprint density at radius 2 is 1.57 bits per heavy atom. The highest BCUT2D eigenvalue weighted by Gasteiger charge is 2.31. The van der Waals surface area contributed by atoms with Crippen molar-refractivity contribution in [2.75, 3.05) is 5.32 Å². The Morgan fingerprint density at radius 1 is 0.900 bits per heavy atom. The largest absolute Gasteiger partial charge is 0.417 e. The number of nitrogens with zero attached hydrogens (tertiary/aromatic N) is 6. The van der Waals surface area contributed by atoms with Crippen molar-refractivity contribution in [2.24, 2.45) is 0 Å². The number of alkyl halides is 6. The Bertz CT molecular complexity index is 1750. The molecule has 1 aromatic carbocycles. The van der Waals surface area contributed by atoms with Crippen LogP contribution in [0.25, 0.3) is 28.2 Å². The molecule has 0 radical (unpaired) electrons. The smallest absolute Gasteiger partial charge is 0.305 e. The zero-order chi connectivity index (χ0) is 28.8. The molecule has 0 bridgehead atoms. The molecule has 5 rings (SSSR count). The maximum Gasteiger partial charge on any atom is 0.417 e. The summed E-state index contributed by atoms with van der Waals surface area (Å²) in [6.45, 7) is 0. The monoisotopic (exact) mass is 579 g/mol. The summed E-state index contributed by atoms with van der Waals surface area (Å²) in [6, 6.07) is 8.00. The van der Waals surface area contributed by atoms with Gasteiger partial charge in [-0.2, -0.15) is 36.1 Å². The normalized spacial score (nSPS) is 12.1. The minimum atomic E-state index is -4.63. The summed E-state index contributed by atoms with van der Waals surface area (Å²) in [5.74, 6) is -1.16. The summed E-state index contributed by atoms with van der Waals surface area (Å²) in [5.41, 5.74) is -1.86. The Morgan fingerprint density at radius 3 is 2.15 bits per heavy atom. The number of aromatic nitrogens is 5. The van der Waals surface area contributed by atoms with Crippen LogP contribution in [0.1, 0.15) is 20.8 Å². The number of carbonyl (C=O) groups excluding carboxylic acids is 1. The van der Waals surface area contributed by atoms with Crippen LogP contribution in [0.5, 0.6) is 0 Å². The lowest BCUT2D eigenvalue weighted by Gasteiger charge is -2.10. The fraction of sp³-hybridized carbons (Fsp3) is 0.0870. The second-order valence-corrected chi connectivity index (χ2v) is 9.08. The molecule has 0 aliphatic rings. The summed E-state index contributed by atoms with van der Waals surface area (Å²) < 4.78 is 79.2. The maximum absolute atomic E-state index is 13.0. The van der Waals surface area contributed by atoms with Gasteiger partial charge in [-0.3, -0.25) is 14.9 Å². The molecule has 4 aromatic heterocycles. The van der Waals surface area contributed by atoms with Gasteiger partial charge in [0.1, 0.15) is 5.82 Å². The van der Waals surface area contributed by atoms with Crippen molar-refractivity contribution in [3.05, 3.63) is 87.0 Å². The first kappa shape index (κ1) is 26.7. The van der Waals surface area contributed by atoms with E-state index < -0.39 is 34.3 Å². The molecule has 5 aromatic rings. The minimum Gasteiger partial charge on any atom is -0.305 e. The first-order valence-electron chi connectivity index (χ1n) is 10.8. The summed E-state index contributed by atoms with van der Waals surface area (Å²) in [6.07, 6.45) is -7.44. The number of hydrogen-bond donors (Lipinski definition) is 1. The van der Waals surface area contributed by atoms with Crippen LogP contribution >= 0.6 is 11.3 Å². The summed E-state index contributed by atoms with van der Waals surface area (Å²) in [5, 5.41) is 17.4. The van der Waals surface area contributed by atoms with E-state index in [0.717, 1.165) is 47.1 Å². The first-order valence-corrected chi connectivity index (χ1v) is 11.7. The Balaban J connectivity index is 1.61. The summed E-state index contributed by atoms with van der Waals surface area (Å²) >= 11 is 0.600. The number of thiophene rings is 1. The van der Waals surface area contributed by atoms with Crippen molar-refractivity contribution < 1.29 is 36.1 Å². The number of halogens is 6. The van der Waals surface area contributed by atoms with Crippen molar-refractivity contribution in [2.45, 2.75) is 12.4 Å². The highest BCUT2D eigenvalue weighted by molar-refractivity contribution is 7.17. The van der Waals surface area contributed by atoms with E-state index in [1.165, 1.54) is 12.3 Å². The van der Waals surface area contributed by atoms with Gasteiger partial charge in [0.2, 0.25) is 0 Å². The molecule has 0 saturated heterocycles. The predicted octanol–water partition coefficient (Wildman–Crippen LogP) is 6.14. The lowest BCUT2D eigenvalue weighted by atomic mass is 10.1. The number of fused-ring (bicyclic) bond motifs is 1. The minimum absolute atomic E-state index is 0.0358. The number of hydrogen-bond acceptors (Lipinski definition) is 8. The number of nitro groups is 1. The van der Waals surface area contributed by atoms with E-state index in [4.69, 9.17) is 0 Å². The fourth-order valence-electron chi connectivity index (χ4n) is 3.50. The Kier molecular flexibility index (Phi) is 6.45. The zero-order valence-corrected chi connectivity index (χ0v) is 20.2. The van der Waals surface area contributed by atoms with Gasteiger partial charge < -0.3 is 5.32 Å². The van der Waals surface area contributed by atoms with Crippen LogP contribution in [0.3, 0.4) is 0 Å². The molecular weight excluding hydrogens is 568 g/mol. The first-order chi connectivity index (χ1) is 18.8. The van der Waals surface area contributed by atoms with Gasteiger partial charge in [0.25, 0.3) is 5.91 Å². The quantitative estimate of drug-likeness (QED) is 0.151. The van der Waals surface area contributed by atoms with E-state index in [1.807, 2.05) is 0 Å². The van der Waals surface area contributed by atoms with E-state index in [1.54, 1.807) is 0 Å². The lowest BCUT2D eigenvalue weighted by Crippen LogP contribution is -2.13. The number of anilines is 1. The van der Waals surface area contributed by atoms with Crippen molar-refractivity contribution in [1.29, 1.82) is 0 Å². The van der Waals surface area contributed by atoms with Gasteiger partial charge in [0.05, 0.1) is 32.5 Å². The molecule has 0 unspecified atom stereocenters. The molecule has 40 heavy (non-hydrogen) atoms. The topological polar surface area (TPSA) is 129 Å². The average Bonchev–Trinajstić information content (AvgIpc) is 3.56.